The summed E-state index contributed by atoms with van der Waals surface area (Å²) in [5.41, 5.74) is 0. The van der Waals surface area contributed by atoms with Gasteiger partial charge in [0.15, 0.2) is 5.78 Å². The Bertz CT molecular complexity index is 362. The number of Topliss-reactive ketones (excluding diaryl/α,β-unsaturated/α-hetero) is 1. The Hall–Kier alpha value is -1.16. The molecule has 1 aromatic carbocycles. The number of carbonyl (C=O) groups is 1. The van der Waals surface area contributed by atoms with Gasteiger partial charge in [0.2, 0.25) is 0 Å². The zero-order valence-electron chi connectivity index (χ0n) is 7.78. The summed E-state index contributed by atoms with van der Waals surface area (Å²) >= 11 is 1.49. The van der Waals surface area contributed by atoms with Crippen LogP contribution in [0.15, 0.2) is 23.1 Å². The molecule has 0 N–H and O–H groups in total. The summed E-state index contributed by atoms with van der Waals surface area (Å²) in [5, 5.41) is 0. The molecule has 74 valence electrons. The van der Waals surface area contributed by atoms with Crippen LogP contribution in [0.1, 0.15) is 0 Å². The molecule has 3 nitrogen and oxygen atoms in total. The minimum atomic E-state index is 0.116. The number of rotatable bonds is 1. The Morgan fingerprint density at radius 1 is 1.50 bits per heavy atom. The molecule has 2 rings (SSSR count). The van der Waals surface area contributed by atoms with Crippen LogP contribution < -0.4 is 9.47 Å². The predicted molar refractivity (Wildman–Crippen MR) is 54.2 cm³/mol. The molecule has 0 saturated heterocycles. The van der Waals surface area contributed by atoms with Crippen molar-refractivity contribution < 1.29 is 14.3 Å². The molecule has 14 heavy (non-hydrogen) atoms. The first-order valence-electron chi connectivity index (χ1n) is 4.25. The molecule has 0 aromatic heterocycles. The Morgan fingerprint density at radius 3 is 3.14 bits per heavy atom. The summed E-state index contributed by atoms with van der Waals surface area (Å²) in [6.45, 7) is 0.173. The first-order chi connectivity index (χ1) is 6.79. The average Bonchev–Trinajstić information content (AvgIpc) is 2.40. The van der Waals surface area contributed by atoms with Gasteiger partial charge in [0.1, 0.15) is 18.1 Å². The van der Waals surface area contributed by atoms with E-state index in [2.05, 4.69) is 0 Å². The van der Waals surface area contributed by atoms with E-state index in [0.29, 0.717) is 5.75 Å². The third-order valence-corrected chi connectivity index (χ3v) is 3.02. The molecule has 1 aromatic rings. The van der Waals surface area contributed by atoms with E-state index >= 15 is 0 Å². The highest BCUT2D eigenvalue weighted by Crippen LogP contribution is 2.34. The zero-order chi connectivity index (χ0) is 9.97. The Balaban J connectivity index is 2.31. The van der Waals surface area contributed by atoms with Crippen LogP contribution in [0.3, 0.4) is 0 Å². The van der Waals surface area contributed by atoms with Gasteiger partial charge in [-0.05, 0) is 18.2 Å². The van der Waals surface area contributed by atoms with E-state index in [9.17, 15) is 4.79 Å². The monoisotopic (exact) mass is 210 g/mol. The fraction of sp³-hybridized carbons (Fsp3) is 0.300. The number of methoxy groups -OCH3 is 1. The lowest BCUT2D eigenvalue weighted by Gasteiger charge is -2.06. The minimum absolute atomic E-state index is 0.116. The third-order valence-electron chi connectivity index (χ3n) is 1.93. The summed E-state index contributed by atoms with van der Waals surface area (Å²) in [6, 6.07) is 5.55. The quantitative estimate of drug-likeness (QED) is 0.707. The summed E-state index contributed by atoms with van der Waals surface area (Å²) in [5.74, 6) is 2.14. The van der Waals surface area contributed by atoms with Crippen molar-refractivity contribution in [1.29, 1.82) is 0 Å². The predicted octanol–water partition coefficient (Wildman–Crippen LogP) is 1.75. The summed E-state index contributed by atoms with van der Waals surface area (Å²) in [7, 11) is 1.62. The zero-order valence-corrected chi connectivity index (χ0v) is 8.60. The van der Waals surface area contributed by atoms with Crippen LogP contribution >= 0.6 is 11.8 Å². The third kappa shape index (κ3) is 1.85. The maximum Gasteiger partial charge on any atom is 0.180 e. The van der Waals surface area contributed by atoms with E-state index in [0.717, 1.165) is 16.4 Å². The molecule has 1 heterocycles. The van der Waals surface area contributed by atoms with Gasteiger partial charge in [0.05, 0.1) is 17.8 Å². The van der Waals surface area contributed by atoms with Crippen molar-refractivity contribution in [2.75, 3.05) is 19.5 Å². The first-order valence-corrected chi connectivity index (χ1v) is 5.23. The van der Waals surface area contributed by atoms with Gasteiger partial charge in [-0.15, -0.1) is 11.8 Å². The van der Waals surface area contributed by atoms with Crippen LogP contribution in [0.2, 0.25) is 0 Å². The van der Waals surface area contributed by atoms with Crippen molar-refractivity contribution in [2.45, 2.75) is 4.90 Å². The van der Waals surface area contributed by atoms with Crippen LogP contribution in [0.5, 0.6) is 11.5 Å². The number of benzene rings is 1. The van der Waals surface area contributed by atoms with Crippen molar-refractivity contribution in [3.63, 3.8) is 0 Å². The lowest BCUT2D eigenvalue weighted by Crippen LogP contribution is -2.10. The molecule has 0 atom stereocenters. The van der Waals surface area contributed by atoms with Gasteiger partial charge in [0.25, 0.3) is 0 Å². The molecule has 0 bridgehead atoms. The maximum absolute atomic E-state index is 11.1. The van der Waals surface area contributed by atoms with Crippen LogP contribution in [0.4, 0.5) is 0 Å². The van der Waals surface area contributed by atoms with Crippen molar-refractivity contribution >= 4 is 17.5 Å². The first kappa shape index (κ1) is 9.40. The molecule has 4 heteroatoms. The second-order valence-electron chi connectivity index (χ2n) is 2.93. The average molecular weight is 210 g/mol. The van der Waals surface area contributed by atoms with Crippen LogP contribution in [0.25, 0.3) is 0 Å². The van der Waals surface area contributed by atoms with Crippen LogP contribution in [-0.2, 0) is 4.79 Å². The molecule has 0 fully saturated rings. The highest BCUT2D eigenvalue weighted by Gasteiger charge is 2.14. The van der Waals surface area contributed by atoms with E-state index in [1.54, 1.807) is 7.11 Å². The molecular weight excluding hydrogens is 200 g/mol. The van der Waals surface area contributed by atoms with E-state index in [1.165, 1.54) is 11.8 Å². The number of thioether (sulfide) groups is 1. The fourth-order valence-electron chi connectivity index (χ4n) is 1.21. The van der Waals surface area contributed by atoms with Crippen molar-refractivity contribution in [2.24, 2.45) is 0 Å². The molecule has 0 amide bonds. The Kier molecular flexibility index (Phi) is 2.63. The lowest BCUT2D eigenvalue weighted by atomic mass is 10.3. The number of ketones is 1. The largest absolute Gasteiger partial charge is 0.497 e. The topological polar surface area (TPSA) is 35.5 Å². The number of hydrogen-bond donors (Lipinski definition) is 0. The SMILES string of the molecule is COc1ccc2c(c1)SCC(=O)CO2. The number of hydrogen-bond acceptors (Lipinski definition) is 4. The minimum Gasteiger partial charge on any atom is -0.497 e. The number of carbonyl (C=O) groups excluding carboxylic acids is 1. The van der Waals surface area contributed by atoms with Gasteiger partial charge in [-0.25, -0.2) is 0 Å². The smallest absolute Gasteiger partial charge is 0.180 e. The second kappa shape index (κ2) is 3.92. The van der Waals surface area contributed by atoms with Gasteiger partial charge in [0, 0.05) is 0 Å². The van der Waals surface area contributed by atoms with E-state index < -0.39 is 0 Å². The van der Waals surface area contributed by atoms with E-state index in [-0.39, 0.29) is 12.4 Å². The van der Waals surface area contributed by atoms with Crippen LogP contribution in [-0.4, -0.2) is 25.3 Å². The van der Waals surface area contributed by atoms with Crippen molar-refractivity contribution in [1.82, 2.24) is 0 Å². The molecule has 1 aliphatic rings. The van der Waals surface area contributed by atoms with Crippen molar-refractivity contribution in [3.05, 3.63) is 18.2 Å². The molecule has 0 saturated carbocycles. The second-order valence-corrected chi connectivity index (χ2v) is 3.95. The highest BCUT2D eigenvalue weighted by atomic mass is 32.2. The molecule has 0 radical (unpaired) electrons. The normalized spacial score (nSPS) is 15.4. The van der Waals surface area contributed by atoms with E-state index in [1.807, 2.05) is 18.2 Å². The van der Waals surface area contributed by atoms with Gasteiger partial charge >= 0.3 is 0 Å². The summed E-state index contributed by atoms with van der Waals surface area (Å²) < 4.78 is 10.4. The molecule has 0 aliphatic carbocycles. The van der Waals surface area contributed by atoms with Gasteiger partial charge in [-0.3, -0.25) is 4.79 Å². The fourth-order valence-corrected chi connectivity index (χ4v) is 2.07. The standard InChI is InChI=1S/C10H10O3S/c1-12-8-2-3-9-10(4-8)14-6-7(11)5-13-9/h2-4H,5-6H2,1H3. The van der Waals surface area contributed by atoms with Crippen LogP contribution in [0, 0.1) is 0 Å². The molecule has 0 unspecified atom stereocenters. The van der Waals surface area contributed by atoms with E-state index in [4.69, 9.17) is 9.47 Å². The van der Waals surface area contributed by atoms with Crippen molar-refractivity contribution in [3.8, 4) is 11.5 Å². The Labute approximate surface area is 86.4 Å². The number of fused-ring (bicyclic) bond motifs is 1. The molecule has 1 aliphatic heterocycles. The molecular formula is C10H10O3S. The van der Waals surface area contributed by atoms with Gasteiger partial charge in [-0.1, -0.05) is 0 Å². The Morgan fingerprint density at radius 2 is 2.36 bits per heavy atom. The van der Waals surface area contributed by atoms with Gasteiger partial charge in [-0.2, -0.15) is 0 Å². The summed E-state index contributed by atoms with van der Waals surface area (Å²) in [6.07, 6.45) is 0. The number of ether oxygens (including phenoxy) is 2. The summed E-state index contributed by atoms with van der Waals surface area (Å²) in [4.78, 5) is 12.1. The lowest BCUT2D eigenvalue weighted by molar-refractivity contribution is -0.118. The maximum atomic E-state index is 11.1. The highest BCUT2D eigenvalue weighted by molar-refractivity contribution is 8.00. The van der Waals surface area contributed by atoms with Gasteiger partial charge < -0.3 is 9.47 Å². The molecule has 0 spiro atoms.